The lowest BCUT2D eigenvalue weighted by atomic mass is 10.1. The van der Waals surface area contributed by atoms with Gasteiger partial charge in [-0.25, -0.2) is 4.79 Å². The first-order chi connectivity index (χ1) is 12.3. The molecule has 0 amide bonds. The molecule has 7 nitrogen and oxygen atoms in total. The van der Waals surface area contributed by atoms with E-state index in [0.717, 1.165) is 6.07 Å². The van der Waals surface area contributed by atoms with Crippen molar-refractivity contribution < 1.29 is 29.6 Å². The maximum absolute atomic E-state index is 12.0. The number of carbonyl (C=O) groups excluding carboxylic acids is 1. The van der Waals surface area contributed by atoms with E-state index in [1.54, 1.807) is 18.2 Å². The van der Waals surface area contributed by atoms with Crippen LogP contribution in [0.1, 0.15) is 21.5 Å². The van der Waals surface area contributed by atoms with Gasteiger partial charge in [0.25, 0.3) is 0 Å². The van der Waals surface area contributed by atoms with Crippen LogP contribution < -0.4 is 4.74 Å². The molecule has 26 heavy (non-hydrogen) atoms. The standard InChI is InChI=1S/C18H12ClNO6/c19-15-3-1-2-10(8-20)14(15)9-26-13-5-11(4-12(21)6-13)16(22)7-17(23)18(24)25/h1-7,21,23H,9H2,(H,24,25)/b17-7+. The molecular formula is C18H12ClNO6. The molecular weight excluding hydrogens is 362 g/mol. The fourth-order valence-corrected chi connectivity index (χ4v) is 2.27. The lowest BCUT2D eigenvalue weighted by Gasteiger charge is -2.10. The Morgan fingerprint density at radius 1 is 1.23 bits per heavy atom. The van der Waals surface area contributed by atoms with Crippen molar-refractivity contribution in [2.24, 2.45) is 0 Å². The summed E-state index contributed by atoms with van der Waals surface area (Å²) in [5.41, 5.74) is 0.673. The molecule has 0 aliphatic carbocycles. The molecule has 0 aliphatic rings. The fourth-order valence-electron chi connectivity index (χ4n) is 2.04. The molecule has 2 rings (SSSR count). The van der Waals surface area contributed by atoms with Gasteiger partial charge >= 0.3 is 5.97 Å². The molecule has 0 spiro atoms. The van der Waals surface area contributed by atoms with Gasteiger partial charge in [0, 0.05) is 28.3 Å². The van der Waals surface area contributed by atoms with Crippen molar-refractivity contribution in [3.8, 4) is 17.6 Å². The number of aliphatic hydroxyl groups is 1. The predicted molar refractivity (Wildman–Crippen MR) is 91.3 cm³/mol. The second-order valence-electron chi connectivity index (χ2n) is 5.08. The van der Waals surface area contributed by atoms with E-state index in [1.165, 1.54) is 12.1 Å². The van der Waals surface area contributed by atoms with E-state index in [2.05, 4.69) is 0 Å². The largest absolute Gasteiger partial charge is 0.508 e. The Bertz CT molecular complexity index is 945. The smallest absolute Gasteiger partial charge is 0.371 e. The average Bonchev–Trinajstić information content (AvgIpc) is 2.59. The highest BCUT2D eigenvalue weighted by molar-refractivity contribution is 6.31. The van der Waals surface area contributed by atoms with Crippen LogP contribution in [0.4, 0.5) is 0 Å². The maximum atomic E-state index is 12.0. The van der Waals surface area contributed by atoms with Gasteiger partial charge in [-0.3, -0.25) is 4.79 Å². The molecule has 0 fully saturated rings. The van der Waals surface area contributed by atoms with Crippen molar-refractivity contribution in [2.75, 3.05) is 0 Å². The number of aromatic hydroxyl groups is 1. The fraction of sp³-hybridized carbons (Fsp3) is 0.0556. The van der Waals surface area contributed by atoms with E-state index in [0.29, 0.717) is 22.2 Å². The van der Waals surface area contributed by atoms with E-state index in [4.69, 9.17) is 31.8 Å². The quantitative estimate of drug-likeness (QED) is 0.403. The molecule has 0 saturated carbocycles. The molecule has 0 aromatic heterocycles. The van der Waals surface area contributed by atoms with Crippen LogP contribution >= 0.6 is 11.6 Å². The van der Waals surface area contributed by atoms with E-state index in [1.807, 2.05) is 6.07 Å². The van der Waals surface area contributed by atoms with Crippen molar-refractivity contribution in [1.82, 2.24) is 0 Å². The molecule has 0 heterocycles. The molecule has 8 heteroatoms. The van der Waals surface area contributed by atoms with Gasteiger partial charge < -0.3 is 20.1 Å². The van der Waals surface area contributed by atoms with E-state index >= 15 is 0 Å². The van der Waals surface area contributed by atoms with Crippen LogP contribution in [0.3, 0.4) is 0 Å². The zero-order valence-electron chi connectivity index (χ0n) is 13.1. The van der Waals surface area contributed by atoms with Gasteiger partial charge in [0.1, 0.15) is 18.1 Å². The molecule has 2 aromatic rings. The van der Waals surface area contributed by atoms with E-state index in [-0.39, 0.29) is 23.7 Å². The van der Waals surface area contributed by atoms with E-state index < -0.39 is 17.5 Å². The number of phenolic OH excluding ortho intramolecular Hbond substituents is 1. The maximum Gasteiger partial charge on any atom is 0.371 e. The summed E-state index contributed by atoms with van der Waals surface area (Å²) >= 11 is 6.05. The molecule has 2 aromatic carbocycles. The predicted octanol–water partition coefficient (Wildman–Crippen LogP) is 3.21. The van der Waals surface area contributed by atoms with Crippen molar-refractivity contribution in [3.05, 3.63) is 69.9 Å². The number of rotatable bonds is 6. The van der Waals surface area contributed by atoms with Crippen molar-refractivity contribution >= 4 is 23.4 Å². The zero-order chi connectivity index (χ0) is 19.3. The number of nitrogens with zero attached hydrogens (tertiary/aromatic N) is 1. The van der Waals surface area contributed by atoms with Crippen molar-refractivity contribution in [3.63, 3.8) is 0 Å². The molecule has 3 N–H and O–H groups in total. The number of hydrogen-bond donors (Lipinski definition) is 3. The van der Waals surface area contributed by atoms with Crippen LogP contribution in [0.2, 0.25) is 5.02 Å². The lowest BCUT2D eigenvalue weighted by molar-refractivity contribution is -0.135. The number of nitriles is 1. The number of halogens is 1. The first-order valence-corrected chi connectivity index (χ1v) is 7.52. The highest BCUT2D eigenvalue weighted by Crippen LogP contribution is 2.26. The molecule has 0 aliphatic heterocycles. The third-order valence-corrected chi connectivity index (χ3v) is 3.64. The second-order valence-corrected chi connectivity index (χ2v) is 5.49. The third kappa shape index (κ3) is 4.53. The number of aliphatic hydroxyl groups excluding tert-OH is 1. The molecule has 0 unspecified atom stereocenters. The van der Waals surface area contributed by atoms with Crippen molar-refractivity contribution in [2.45, 2.75) is 6.61 Å². The first-order valence-electron chi connectivity index (χ1n) is 7.14. The lowest BCUT2D eigenvalue weighted by Crippen LogP contribution is -2.04. The van der Waals surface area contributed by atoms with Crippen molar-refractivity contribution in [1.29, 1.82) is 5.26 Å². The number of carbonyl (C=O) groups is 2. The Morgan fingerprint density at radius 2 is 1.96 bits per heavy atom. The Hall–Kier alpha value is -3.50. The Labute approximate surface area is 153 Å². The van der Waals surface area contributed by atoms with Crippen LogP contribution in [-0.2, 0) is 11.4 Å². The minimum absolute atomic E-state index is 0.0874. The van der Waals surface area contributed by atoms with Crippen LogP contribution in [0.15, 0.2) is 48.2 Å². The van der Waals surface area contributed by atoms with Crippen LogP contribution in [0.5, 0.6) is 11.5 Å². The summed E-state index contributed by atoms with van der Waals surface area (Å²) in [6, 6.07) is 10.4. The number of allylic oxidation sites excluding steroid dienone is 1. The van der Waals surface area contributed by atoms with Gasteiger partial charge in [0.2, 0.25) is 5.76 Å². The average molecular weight is 374 g/mol. The normalized spacial score (nSPS) is 10.8. The number of carboxylic acids is 1. The van der Waals surface area contributed by atoms with Crippen LogP contribution in [-0.4, -0.2) is 27.1 Å². The van der Waals surface area contributed by atoms with Crippen LogP contribution in [0.25, 0.3) is 0 Å². The minimum atomic E-state index is -1.65. The topological polar surface area (TPSA) is 128 Å². The number of carboxylic acid groups (broad SMARTS) is 1. The summed E-state index contributed by atoms with van der Waals surface area (Å²) in [4.78, 5) is 22.5. The van der Waals surface area contributed by atoms with Gasteiger partial charge in [-0.05, 0) is 24.3 Å². The Morgan fingerprint density at radius 3 is 2.62 bits per heavy atom. The third-order valence-electron chi connectivity index (χ3n) is 3.29. The number of benzene rings is 2. The second kappa shape index (κ2) is 8.05. The molecule has 0 radical (unpaired) electrons. The summed E-state index contributed by atoms with van der Waals surface area (Å²) in [5, 5.41) is 36.9. The highest BCUT2D eigenvalue weighted by Gasteiger charge is 2.13. The molecule has 132 valence electrons. The first kappa shape index (κ1) is 18.8. The number of aliphatic carboxylic acids is 1. The number of hydrogen-bond acceptors (Lipinski definition) is 6. The minimum Gasteiger partial charge on any atom is -0.508 e. The number of ketones is 1. The Balaban J connectivity index is 2.26. The summed E-state index contributed by atoms with van der Waals surface area (Å²) < 4.78 is 5.49. The summed E-state index contributed by atoms with van der Waals surface area (Å²) in [7, 11) is 0. The summed E-state index contributed by atoms with van der Waals surface area (Å²) in [6.45, 7) is -0.0874. The van der Waals surface area contributed by atoms with E-state index in [9.17, 15) is 14.7 Å². The van der Waals surface area contributed by atoms with Gasteiger partial charge in [-0.1, -0.05) is 17.7 Å². The highest BCUT2D eigenvalue weighted by atomic mass is 35.5. The zero-order valence-corrected chi connectivity index (χ0v) is 13.9. The SMILES string of the molecule is N#Cc1cccc(Cl)c1COc1cc(O)cc(C(=O)/C=C(/O)C(=O)O)c1. The number of ether oxygens (including phenoxy) is 1. The van der Waals surface area contributed by atoms with Gasteiger partial charge in [-0.2, -0.15) is 5.26 Å². The van der Waals surface area contributed by atoms with Crippen LogP contribution in [0, 0.1) is 11.3 Å². The number of phenols is 1. The molecule has 0 bridgehead atoms. The summed E-state index contributed by atoms with van der Waals surface area (Å²) in [5.74, 6) is -3.82. The Kier molecular flexibility index (Phi) is 5.83. The molecule has 0 atom stereocenters. The van der Waals surface area contributed by atoms with Gasteiger partial charge in [0.15, 0.2) is 5.78 Å². The molecule has 0 saturated heterocycles. The van der Waals surface area contributed by atoms with Gasteiger partial charge in [0.05, 0.1) is 11.6 Å². The monoisotopic (exact) mass is 373 g/mol. The van der Waals surface area contributed by atoms with Gasteiger partial charge in [-0.15, -0.1) is 0 Å². The summed E-state index contributed by atoms with van der Waals surface area (Å²) in [6.07, 6.45) is 0.517.